The van der Waals surface area contributed by atoms with Gasteiger partial charge in [-0.2, -0.15) is 0 Å². The van der Waals surface area contributed by atoms with Crippen molar-refractivity contribution in [3.8, 4) is 0 Å². The zero-order valence-corrected chi connectivity index (χ0v) is 24.9. The average molecular weight is 569 g/mol. The van der Waals surface area contributed by atoms with Gasteiger partial charge in [0, 0.05) is 22.3 Å². The number of Topliss-reactive ketones (excluding diaryl/α,β-unsaturated/α-hetero) is 1. The van der Waals surface area contributed by atoms with Crippen LogP contribution in [0.1, 0.15) is 78.9 Å². The van der Waals surface area contributed by atoms with E-state index < -0.39 is 58.0 Å². The number of hydrogen-bond donors (Lipinski definition) is 0. The van der Waals surface area contributed by atoms with Crippen molar-refractivity contribution in [2.75, 3.05) is 7.11 Å². The van der Waals surface area contributed by atoms with E-state index in [0.717, 1.165) is 11.1 Å². The van der Waals surface area contributed by atoms with Crippen LogP contribution >= 0.6 is 0 Å². The lowest BCUT2D eigenvalue weighted by Gasteiger charge is -2.62. The van der Waals surface area contributed by atoms with Gasteiger partial charge >= 0.3 is 17.9 Å². The van der Waals surface area contributed by atoms with Gasteiger partial charge in [0.25, 0.3) is 0 Å². The lowest BCUT2D eigenvalue weighted by molar-refractivity contribution is -0.195. The largest absolute Gasteiger partial charge is 0.472 e. The predicted molar refractivity (Wildman–Crippen MR) is 144 cm³/mol. The number of methoxy groups -OCH3 is 1. The minimum atomic E-state index is -1.08. The molecule has 1 aromatic heterocycles. The number of ketones is 1. The SMILES string of the molecule is CCC(C)C(=O)O[C@@H]1C2C(=O)[C@](C)(C3=CC[C@]4(C)[C@@H](CC(=O)O[C@H]4c4ccoc4)[C@]34O[C@H]24)[C@@H](CC(=O)OC)C1(C)C. The van der Waals surface area contributed by atoms with Crippen molar-refractivity contribution >= 4 is 23.7 Å². The van der Waals surface area contributed by atoms with E-state index >= 15 is 0 Å². The van der Waals surface area contributed by atoms with E-state index in [-0.39, 0.29) is 42.4 Å². The summed E-state index contributed by atoms with van der Waals surface area (Å²) in [4.78, 5) is 53.8. The van der Waals surface area contributed by atoms with Gasteiger partial charge in [-0.05, 0) is 37.3 Å². The molecule has 1 spiro atoms. The van der Waals surface area contributed by atoms with Crippen LogP contribution in [0.4, 0.5) is 0 Å². The number of cyclic esters (lactones) is 1. The molecule has 0 N–H and O–H groups in total. The Kier molecular flexibility index (Phi) is 6.21. The molecule has 10 atom stereocenters. The van der Waals surface area contributed by atoms with Crippen molar-refractivity contribution in [3.05, 3.63) is 35.8 Å². The van der Waals surface area contributed by atoms with E-state index in [1.807, 2.05) is 40.7 Å². The first kappa shape index (κ1) is 28.2. The van der Waals surface area contributed by atoms with E-state index in [1.165, 1.54) is 7.11 Å². The Balaban J connectivity index is 1.52. The van der Waals surface area contributed by atoms with Gasteiger partial charge in [-0.3, -0.25) is 19.2 Å². The molecule has 4 fully saturated rings. The second-order valence-corrected chi connectivity index (χ2v) is 13.8. The number of epoxide rings is 1. The van der Waals surface area contributed by atoms with Crippen molar-refractivity contribution in [3.63, 3.8) is 0 Å². The van der Waals surface area contributed by atoms with Crippen molar-refractivity contribution in [2.45, 2.75) is 91.1 Å². The van der Waals surface area contributed by atoms with Gasteiger partial charge in [-0.25, -0.2) is 0 Å². The second kappa shape index (κ2) is 9.03. The molecule has 3 aliphatic carbocycles. The average Bonchev–Trinajstić information content (AvgIpc) is 3.39. The molecule has 0 aromatic carbocycles. The van der Waals surface area contributed by atoms with E-state index in [0.29, 0.717) is 12.8 Å². The Morgan fingerprint density at radius 2 is 1.90 bits per heavy atom. The number of allylic oxidation sites excluding steroid dienone is 1. The van der Waals surface area contributed by atoms with Crippen LogP contribution in [0.2, 0.25) is 0 Å². The summed E-state index contributed by atoms with van der Waals surface area (Å²) in [5, 5.41) is 0. The first-order chi connectivity index (χ1) is 19.3. The molecule has 3 heterocycles. The van der Waals surface area contributed by atoms with Crippen LogP contribution in [0.25, 0.3) is 0 Å². The number of fused-ring (bicyclic) bond motifs is 5. The molecule has 222 valence electrons. The molecule has 2 saturated heterocycles. The second-order valence-electron chi connectivity index (χ2n) is 13.8. The molecule has 2 aliphatic heterocycles. The van der Waals surface area contributed by atoms with Crippen LogP contribution in [-0.4, -0.2) is 48.6 Å². The fourth-order valence-electron chi connectivity index (χ4n) is 8.99. The molecule has 0 radical (unpaired) electrons. The molecular formula is C32H40O9. The lowest BCUT2D eigenvalue weighted by Crippen LogP contribution is -2.69. The minimum absolute atomic E-state index is 0.0183. The Hall–Kier alpha value is -2.94. The van der Waals surface area contributed by atoms with Crippen LogP contribution in [0.3, 0.4) is 0 Å². The molecule has 6 rings (SSSR count). The standard InChI is InChI=1S/C32H40O9/c1-8-16(2)28(36)40-26-23-24(35)31(6,19(29(26,3)4)13-21(33)37-7)18-9-11-30(5)20(32(18)27(23)41-32)14-22(34)39-25(30)17-10-12-38-15-17/h9-10,12,15-16,19-20,23,25-27H,8,11,13-14H2,1-7H3/t16?,19-,20+,23?,25-,26+,27+,30+,31+,32+/m0/s1. The van der Waals surface area contributed by atoms with Crippen molar-refractivity contribution in [2.24, 2.45) is 39.9 Å². The maximum atomic E-state index is 14.6. The third kappa shape index (κ3) is 3.56. The number of furan rings is 1. The zero-order chi connectivity index (χ0) is 29.7. The number of carbonyl (C=O) groups excluding carboxylic acids is 4. The van der Waals surface area contributed by atoms with Crippen LogP contribution < -0.4 is 0 Å². The summed E-state index contributed by atoms with van der Waals surface area (Å²) in [6, 6.07) is 1.81. The fraction of sp³-hybridized carbons (Fsp3) is 0.688. The summed E-state index contributed by atoms with van der Waals surface area (Å²) >= 11 is 0. The maximum Gasteiger partial charge on any atom is 0.308 e. The van der Waals surface area contributed by atoms with Gasteiger partial charge in [0.15, 0.2) is 5.78 Å². The quantitative estimate of drug-likeness (QED) is 0.207. The molecular weight excluding hydrogens is 528 g/mol. The molecule has 0 amide bonds. The van der Waals surface area contributed by atoms with E-state index in [2.05, 4.69) is 13.0 Å². The maximum absolute atomic E-state index is 14.6. The van der Waals surface area contributed by atoms with Crippen LogP contribution in [0, 0.1) is 39.9 Å². The summed E-state index contributed by atoms with van der Waals surface area (Å²) in [5.41, 5.74) is -1.66. The molecule has 9 nitrogen and oxygen atoms in total. The Bertz CT molecular complexity index is 1330. The minimum Gasteiger partial charge on any atom is -0.472 e. The number of esters is 3. The summed E-state index contributed by atoms with van der Waals surface area (Å²) in [6.07, 6.45) is 4.64. The molecule has 2 saturated carbocycles. The van der Waals surface area contributed by atoms with Gasteiger partial charge in [0.2, 0.25) is 0 Å². The molecule has 2 bridgehead atoms. The highest BCUT2D eigenvalue weighted by atomic mass is 16.6. The number of rotatable bonds is 6. The van der Waals surface area contributed by atoms with Crippen LogP contribution in [0.15, 0.2) is 34.7 Å². The van der Waals surface area contributed by atoms with E-state index in [1.54, 1.807) is 12.5 Å². The third-order valence-electron chi connectivity index (χ3n) is 11.4. The van der Waals surface area contributed by atoms with Gasteiger partial charge in [0.1, 0.15) is 23.9 Å². The monoisotopic (exact) mass is 568 g/mol. The predicted octanol–water partition coefficient (Wildman–Crippen LogP) is 4.74. The van der Waals surface area contributed by atoms with Gasteiger partial charge < -0.3 is 23.4 Å². The number of carbonyl (C=O) groups is 4. The molecule has 41 heavy (non-hydrogen) atoms. The number of ether oxygens (including phenoxy) is 4. The number of hydrogen-bond acceptors (Lipinski definition) is 9. The Labute approximate surface area is 240 Å². The normalized spacial score (nSPS) is 42.5. The third-order valence-corrected chi connectivity index (χ3v) is 11.4. The molecule has 5 aliphatic rings. The van der Waals surface area contributed by atoms with Crippen LogP contribution in [0.5, 0.6) is 0 Å². The molecule has 9 heteroatoms. The summed E-state index contributed by atoms with van der Waals surface area (Å²) in [7, 11) is 1.34. The van der Waals surface area contributed by atoms with Gasteiger partial charge in [0.05, 0.1) is 49.7 Å². The van der Waals surface area contributed by atoms with Crippen molar-refractivity contribution in [1.82, 2.24) is 0 Å². The highest BCUT2D eigenvalue weighted by molar-refractivity contribution is 5.97. The van der Waals surface area contributed by atoms with Crippen molar-refractivity contribution < 1.29 is 42.5 Å². The van der Waals surface area contributed by atoms with Gasteiger partial charge in [-0.1, -0.05) is 40.7 Å². The topological polar surface area (TPSA) is 122 Å². The summed E-state index contributed by atoms with van der Waals surface area (Å²) in [6.45, 7) is 11.7. The molecule has 1 aromatic rings. The summed E-state index contributed by atoms with van der Waals surface area (Å²) in [5.74, 6) is -3.11. The first-order valence-corrected chi connectivity index (χ1v) is 14.7. The lowest BCUT2D eigenvalue weighted by atomic mass is 9.40. The zero-order valence-electron chi connectivity index (χ0n) is 24.9. The smallest absolute Gasteiger partial charge is 0.308 e. The van der Waals surface area contributed by atoms with Gasteiger partial charge in [-0.15, -0.1) is 0 Å². The Morgan fingerprint density at radius 3 is 2.54 bits per heavy atom. The Morgan fingerprint density at radius 1 is 1.17 bits per heavy atom. The highest BCUT2D eigenvalue weighted by Crippen LogP contribution is 2.76. The molecule has 2 unspecified atom stereocenters. The van der Waals surface area contributed by atoms with Crippen LogP contribution in [-0.2, 0) is 38.1 Å². The van der Waals surface area contributed by atoms with E-state index in [4.69, 9.17) is 23.4 Å². The van der Waals surface area contributed by atoms with E-state index in [9.17, 15) is 19.2 Å². The highest BCUT2D eigenvalue weighted by Gasteiger charge is 2.84. The van der Waals surface area contributed by atoms with Crippen molar-refractivity contribution in [1.29, 1.82) is 0 Å². The summed E-state index contributed by atoms with van der Waals surface area (Å²) < 4.78 is 29.3. The fourth-order valence-corrected chi connectivity index (χ4v) is 8.99. The first-order valence-electron chi connectivity index (χ1n) is 14.7.